The number of hydrogen-bond acceptors (Lipinski definition) is 5. The molecule has 34 heavy (non-hydrogen) atoms. The van der Waals surface area contributed by atoms with Crippen molar-refractivity contribution in [1.82, 2.24) is 4.98 Å². The highest BCUT2D eigenvalue weighted by Gasteiger charge is 2.26. The predicted molar refractivity (Wildman–Crippen MR) is 130 cm³/mol. The van der Waals surface area contributed by atoms with Gasteiger partial charge in [-0.1, -0.05) is 17.7 Å². The van der Waals surface area contributed by atoms with Gasteiger partial charge in [0, 0.05) is 35.2 Å². The number of nitrogens with one attached hydrogen (secondary N) is 3. The zero-order valence-electron chi connectivity index (χ0n) is 18.5. The smallest absolute Gasteiger partial charge is 0.272 e. The van der Waals surface area contributed by atoms with E-state index in [9.17, 15) is 22.8 Å². The number of H-pyrrole nitrogens is 1. The number of fused-ring (bicyclic) bond motifs is 1. The van der Waals surface area contributed by atoms with Gasteiger partial charge in [0.05, 0.1) is 15.6 Å². The maximum atomic E-state index is 12.8. The van der Waals surface area contributed by atoms with E-state index >= 15 is 0 Å². The number of halogens is 1. The van der Waals surface area contributed by atoms with Crippen LogP contribution in [0.15, 0.2) is 47.4 Å². The summed E-state index contributed by atoms with van der Waals surface area (Å²) in [5.41, 5.74) is 3.22. The first-order valence-corrected chi connectivity index (χ1v) is 12.8. The second kappa shape index (κ2) is 9.08. The maximum absolute atomic E-state index is 12.8. The molecule has 0 radical (unpaired) electrons. The number of anilines is 2. The Morgan fingerprint density at radius 2 is 1.79 bits per heavy atom. The third-order valence-electron chi connectivity index (χ3n) is 5.66. The molecule has 0 fully saturated rings. The van der Waals surface area contributed by atoms with Gasteiger partial charge >= 0.3 is 0 Å². The van der Waals surface area contributed by atoms with Gasteiger partial charge in [0.2, 0.25) is 0 Å². The third-order valence-corrected chi connectivity index (χ3v) is 7.09. The summed E-state index contributed by atoms with van der Waals surface area (Å²) < 4.78 is 23.5. The van der Waals surface area contributed by atoms with Gasteiger partial charge in [-0.25, -0.2) is 8.42 Å². The van der Waals surface area contributed by atoms with E-state index in [4.69, 9.17) is 11.6 Å². The lowest BCUT2D eigenvalue weighted by atomic mass is 9.94. The number of rotatable bonds is 5. The lowest BCUT2D eigenvalue weighted by Gasteiger charge is -2.11. The van der Waals surface area contributed by atoms with Crippen LogP contribution in [-0.4, -0.2) is 37.3 Å². The molecule has 0 saturated heterocycles. The molecule has 0 spiro atoms. The molecule has 10 heteroatoms. The van der Waals surface area contributed by atoms with Gasteiger partial charge in [-0.05, 0) is 61.7 Å². The van der Waals surface area contributed by atoms with Gasteiger partial charge < -0.3 is 15.6 Å². The fourth-order valence-corrected chi connectivity index (χ4v) is 4.85. The van der Waals surface area contributed by atoms with Crippen LogP contribution in [0.4, 0.5) is 11.4 Å². The number of aromatic amines is 1. The number of benzene rings is 2. The summed E-state index contributed by atoms with van der Waals surface area (Å²) in [5.74, 6) is -0.883. The number of amides is 2. The van der Waals surface area contributed by atoms with Crippen LogP contribution in [0.5, 0.6) is 0 Å². The Bertz CT molecular complexity index is 1440. The van der Waals surface area contributed by atoms with Crippen LogP contribution < -0.4 is 10.6 Å². The molecular formula is C24H22ClN3O5S. The Morgan fingerprint density at radius 3 is 2.47 bits per heavy atom. The molecule has 0 atom stereocenters. The summed E-state index contributed by atoms with van der Waals surface area (Å²) in [7, 11) is -3.46. The highest BCUT2D eigenvalue weighted by molar-refractivity contribution is 7.90. The maximum Gasteiger partial charge on any atom is 0.272 e. The monoisotopic (exact) mass is 499 g/mol. The molecule has 2 aromatic carbocycles. The van der Waals surface area contributed by atoms with Crippen molar-refractivity contribution in [3.05, 3.63) is 75.6 Å². The average Bonchev–Trinajstić information content (AvgIpc) is 3.13. The number of Topliss-reactive ketones (excluding diaryl/α,β-unsaturated/α-hetero) is 1. The highest BCUT2D eigenvalue weighted by atomic mass is 35.5. The molecule has 2 amide bonds. The molecule has 176 valence electrons. The molecule has 1 heterocycles. The zero-order valence-corrected chi connectivity index (χ0v) is 20.1. The molecule has 0 bridgehead atoms. The normalized spacial score (nSPS) is 13.3. The van der Waals surface area contributed by atoms with Gasteiger partial charge in [0.25, 0.3) is 11.8 Å². The zero-order chi connectivity index (χ0) is 24.6. The summed E-state index contributed by atoms with van der Waals surface area (Å²) in [6.07, 6.45) is 3.03. The summed E-state index contributed by atoms with van der Waals surface area (Å²) in [6, 6.07) is 10.3. The van der Waals surface area contributed by atoms with Gasteiger partial charge in [0.15, 0.2) is 15.6 Å². The molecule has 8 nitrogen and oxygen atoms in total. The van der Waals surface area contributed by atoms with Gasteiger partial charge in [-0.15, -0.1) is 0 Å². The Morgan fingerprint density at radius 1 is 1.03 bits per heavy atom. The van der Waals surface area contributed by atoms with Crippen LogP contribution in [-0.2, 0) is 16.3 Å². The van der Waals surface area contributed by atoms with E-state index in [2.05, 4.69) is 15.6 Å². The van der Waals surface area contributed by atoms with E-state index in [0.717, 1.165) is 24.8 Å². The number of carbonyl (C=O) groups excluding carboxylic acids is 3. The second-order valence-electron chi connectivity index (χ2n) is 8.16. The van der Waals surface area contributed by atoms with Crippen LogP contribution in [0, 0.1) is 6.92 Å². The Hall–Kier alpha value is -3.43. The molecule has 1 aliphatic carbocycles. The molecule has 0 unspecified atom stereocenters. The molecule has 3 N–H and O–H groups in total. The SMILES string of the molecule is Cc1c(C(=O)Nc2ccc(NC(=O)c3cccc(S(C)(=O)=O)c3)c(Cl)c2)[nH]c2c1C(=O)CCC2. The lowest BCUT2D eigenvalue weighted by Crippen LogP contribution is -2.15. The van der Waals surface area contributed by atoms with E-state index < -0.39 is 21.7 Å². The van der Waals surface area contributed by atoms with E-state index in [1.54, 1.807) is 13.0 Å². The molecular weight excluding hydrogens is 478 g/mol. The number of sulfone groups is 1. The first-order valence-electron chi connectivity index (χ1n) is 10.5. The highest BCUT2D eigenvalue weighted by Crippen LogP contribution is 2.29. The van der Waals surface area contributed by atoms with Crippen molar-refractivity contribution in [3.63, 3.8) is 0 Å². The van der Waals surface area contributed by atoms with Crippen molar-refractivity contribution >= 4 is 50.4 Å². The number of hydrogen-bond donors (Lipinski definition) is 3. The molecule has 1 aliphatic rings. The van der Waals surface area contributed by atoms with Crippen molar-refractivity contribution in [2.24, 2.45) is 0 Å². The first-order chi connectivity index (χ1) is 16.0. The minimum Gasteiger partial charge on any atom is -0.354 e. The Labute approximate surface area is 201 Å². The van der Waals surface area contributed by atoms with Crippen molar-refractivity contribution < 1.29 is 22.8 Å². The Balaban J connectivity index is 1.49. The van der Waals surface area contributed by atoms with Crippen molar-refractivity contribution in [2.75, 3.05) is 16.9 Å². The minimum atomic E-state index is -3.46. The fraction of sp³-hybridized carbons (Fsp3) is 0.208. The van der Waals surface area contributed by atoms with Gasteiger partial charge in [-0.3, -0.25) is 14.4 Å². The average molecular weight is 500 g/mol. The predicted octanol–water partition coefficient (Wildman–Crippen LogP) is 4.40. The molecule has 0 saturated carbocycles. The van der Waals surface area contributed by atoms with E-state index in [-0.39, 0.29) is 21.3 Å². The quantitative estimate of drug-likeness (QED) is 0.479. The lowest BCUT2D eigenvalue weighted by molar-refractivity contribution is 0.0970. The van der Waals surface area contributed by atoms with Crippen molar-refractivity contribution in [3.8, 4) is 0 Å². The number of carbonyl (C=O) groups is 3. The summed E-state index contributed by atoms with van der Waals surface area (Å²) >= 11 is 6.31. The van der Waals surface area contributed by atoms with Gasteiger partial charge in [-0.2, -0.15) is 0 Å². The number of ketones is 1. The van der Waals surface area contributed by atoms with E-state index in [1.807, 2.05) is 0 Å². The standard InChI is InChI=1S/C24H22ClN3O5S/c1-13-21-19(7-4-8-20(21)29)27-22(13)24(31)26-15-9-10-18(17(25)12-15)28-23(30)14-5-3-6-16(11-14)34(2,32)33/h3,5-6,9-12,27H,4,7-8H2,1-2H3,(H,26,31)(H,28,30). The van der Waals surface area contributed by atoms with Crippen LogP contribution in [0.1, 0.15) is 55.3 Å². The third kappa shape index (κ3) is 4.76. The van der Waals surface area contributed by atoms with Gasteiger partial charge in [0.1, 0.15) is 5.69 Å². The first kappa shape index (κ1) is 23.7. The topological polar surface area (TPSA) is 125 Å². The summed E-state index contributed by atoms with van der Waals surface area (Å²) in [6.45, 7) is 1.75. The summed E-state index contributed by atoms with van der Waals surface area (Å²) in [5, 5.41) is 5.58. The van der Waals surface area contributed by atoms with Crippen molar-refractivity contribution in [2.45, 2.75) is 31.1 Å². The van der Waals surface area contributed by atoms with Crippen LogP contribution >= 0.6 is 11.6 Å². The molecule has 1 aromatic heterocycles. The van der Waals surface area contributed by atoms with Crippen LogP contribution in [0.2, 0.25) is 5.02 Å². The molecule has 3 aromatic rings. The number of aromatic nitrogens is 1. The fourth-order valence-electron chi connectivity index (χ4n) is 3.95. The Kier molecular flexibility index (Phi) is 6.33. The molecule has 4 rings (SSSR count). The summed E-state index contributed by atoms with van der Waals surface area (Å²) in [4.78, 5) is 40.7. The second-order valence-corrected chi connectivity index (χ2v) is 10.6. The largest absolute Gasteiger partial charge is 0.354 e. The minimum absolute atomic E-state index is 0.0345. The van der Waals surface area contributed by atoms with Crippen molar-refractivity contribution in [1.29, 1.82) is 0 Å². The van der Waals surface area contributed by atoms with Crippen LogP contribution in [0.25, 0.3) is 0 Å². The number of aryl methyl sites for hydroxylation is 1. The van der Waals surface area contributed by atoms with E-state index in [1.165, 1.54) is 36.4 Å². The van der Waals surface area contributed by atoms with Crippen LogP contribution in [0.3, 0.4) is 0 Å². The molecule has 0 aliphatic heterocycles. The van der Waals surface area contributed by atoms with E-state index in [0.29, 0.717) is 34.6 Å².